The summed E-state index contributed by atoms with van der Waals surface area (Å²) >= 11 is 0. The molecule has 1 fully saturated rings. The van der Waals surface area contributed by atoms with Crippen LogP contribution >= 0.6 is 0 Å². The van der Waals surface area contributed by atoms with Gasteiger partial charge in [-0.05, 0) is 67.4 Å². The third-order valence-electron chi connectivity index (χ3n) is 4.87. The standard InChI is InChI=1S/C20H26N2O2S/c1-24-19-10-12-20(13-11-19)25(2,23)22-15-4-3-7-18(22)9-8-17-6-5-14-21-16-17/h5-6,10-14,16,18H,2-4,7-9,15H2,1H3. The Morgan fingerprint density at radius 1 is 1.28 bits per heavy atom. The van der Waals surface area contributed by atoms with Gasteiger partial charge in [0.15, 0.2) is 0 Å². The average Bonchev–Trinajstić information content (AvgIpc) is 2.67. The molecule has 2 aromatic rings. The lowest BCUT2D eigenvalue weighted by atomic mass is 9.98. The number of nitrogens with zero attached hydrogens (tertiary/aromatic N) is 2. The number of hydrogen-bond acceptors (Lipinski definition) is 3. The van der Waals surface area contributed by atoms with Crippen LogP contribution in [0, 0.1) is 0 Å². The highest BCUT2D eigenvalue weighted by Crippen LogP contribution is 2.28. The van der Waals surface area contributed by atoms with Crippen LogP contribution in [0.2, 0.25) is 0 Å². The van der Waals surface area contributed by atoms with E-state index in [2.05, 4.69) is 21.2 Å². The van der Waals surface area contributed by atoms with Crippen LogP contribution in [-0.4, -0.2) is 39.1 Å². The van der Waals surface area contributed by atoms with E-state index in [4.69, 9.17) is 4.74 Å². The van der Waals surface area contributed by atoms with E-state index < -0.39 is 9.71 Å². The zero-order chi connectivity index (χ0) is 17.7. The van der Waals surface area contributed by atoms with Crippen molar-refractivity contribution in [2.24, 2.45) is 0 Å². The van der Waals surface area contributed by atoms with Gasteiger partial charge in [0.2, 0.25) is 0 Å². The monoisotopic (exact) mass is 358 g/mol. The molecule has 5 heteroatoms. The van der Waals surface area contributed by atoms with Crippen LogP contribution in [0.4, 0.5) is 0 Å². The van der Waals surface area contributed by atoms with Crippen molar-refractivity contribution in [1.82, 2.24) is 9.29 Å². The van der Waals surface area contributed by atoms with Crippen molar-refractivity contribution in [2.75, 3.05) is 13.7 Å². The fraction of sp³-hybridized carbons (Fsp3) is 0.400. The Morgan fingerprint density at radius 2 is 2.08 bits per heavy atom. The van der Waals surface area contributed by atoms with Crippen LogP contribution in [0.5, 0.6) is 5.75 Å². The van der Waals surface area contributed by atoms with Gasteiger partial charge < -0.3 is 4.74 Å². The van der Waals surface area contributed by atoms with Crippen LogP contribution < -0.4 is 4.74 Å². The minimum absolute atomic E-state index is 0.293. The second-order valence-corrected chi connectivity index (χ2v) is 8.73. The van der Waals surface area contributed by atoms with E-state index in [1.165, 1.54) is 12.0 Å². The molecule has 0 amide bonds. The van der Waals surface area contributed by atoms with Gasteiger partial charge in [-0.1, -0.05) is 12.5 Å². The summed E-state index contributed by atoms with van der Waals surface area (Å²) in [6.45, 7) is 0.839. The van der Waals surface area contributed by atoms with Gasteiger partial charge in [0.1, 0.15) is 5.75 Å². The van der Waals surface area contributed by atoms with E-state index in [-0.39, 0.29) is 0 Å². The number of methoxy groups -OCH3 is 1. The lowest BCUT2D eigenvalue weighted by molar-refractivity contribution is 0.250. The number of aromatic nitrogens is 1. The number of benzene rings is 1. The lowest BCUT2D eigenvalue weighted by Gasteiger charge is -2.37. The highest BCUT2D eigenvalue weighted by molar-refractivity contribution is 7.98. The van der Waals surface area contributed by atoms with Crippen molar-refractivity contribution < 1.29 is 8.95 Å². The zero-order valence-electron chi connectivity index (χ0n) is 14.8. The van der Waals surface area contributed by atoms with E-state index >= 15 is 0 Å². The fourth-order valence-corrected chi connectivity index (χ4v) is 5.40. The smallest absolute Gasteiger partial charge is 0.118 e. The van der Waals surface area contributed by atoms with Crippen LogP contribution in [-0.2, 0) is 16.1 Å². The van der Waals surface area contributed by atoms with Gasteiger partial charge in [-0.15, -0.1) is 0 Å². The summed E-state index contributed by atoms with van der Waals surface area (Å²) in [6, 6.07) is 11.8. The minimum atomic E-state index is -2.48. The molecule has 4 nitrogen and oxygen atoms in total. The number of ether oxygens (including phenoxy) is 1. The van der Waals surface area contributed by atoms with Gasteiger partial charge in [0.25, 0.3) is 0 Å². The van der Waals surface area contributed by atoms with E-state index in [1.807, 2.05) is 36.5 Å². The SMILES string of the molecule is C=S(=O)(c1ccc(OC)cc1)N1CCCCC1CCc1cccnc1. The Kier molecular flexibility index (Phi) is 5.76. The molecule has 0 aliphatic carbocycles. The maximum absolute atomic E-state index is 13.5. The van der Waals surface area contributed by atoms with Crippen molar-refractivity contribution in [3.63, 3.8) is 0 Å². The van der Waals surface area contributed by atoms with Gasteiger partial charge in [-0.2, -0.15) is 0 Å². The van der Waals surface area contributed by atoms with Crippen molar-refractivity contribution in [2.45, 2.75) is 43.0 Å². The van der Waals surface area contributed by atoms with E-state index in [0.29, 0.717) is 6.04 Å². The Hall–Kier alpha value is -1.85. The summed E-state index contributed by atoms with van der Waals surface area (Å²) in [6.07, 6.45) is 8.98. The highest BCUT2D eigenvalue weighted by atomic mass is 32.2. The predicted molar refractivity (Wildman–Crippen MR) is 103 cm³/mol. The Morgan fingerprint density at radius 3 is 2.76 bits per heavy atom. The van der Waals surface area contributed by atoms with Crippen molar-refractivity contribution in [3.8, 4) is 5.75 Å². The van der Waals surface area contributed by atoms with Gasteiger partial charge in [-0.25, -0.2) is 8.51 Å². The molecular weight excluding hydrogens is 332 g/mol. The molecule has 0 N–H and O–H groups in total. The summed E-state index contributed by atoms with van der Waals surface area (Å²) in [5, 5.41) is 0. The van der Waals surface area contributed by atoms with Gasteiger partial charge >= 0.3 is 0 Å². The summed E-state index contributed by atoms with van der Waals surface area (Å²) in [7, 11) is -0.844. The summed E-state index contributed by atoms with van der Waals surface area (Å²) in [5.41, 5.74) is 1.23. The van der Waals surface area contributed by atoms with Crippen molar-refractivity contribution >= 4 is 15.6 Å². The molecule has 3 rings (SSSR count). The van der Waals surface area contributed by atoms with Crippen LogP contribution in [0.25, 0.3) is 0 Å². The topological polar surface area (TPSA) is 42.4 Å². The third kappa shape index (κ3) is 4.22. The highest BCUT2D eigenvalue weighted by Gasteiger charge is 2.29. The number of pyridine rings is 1. The van der Waals surface area contributed by atoms with Crippen molar-refractivity contribution in [1.29, 1.82) is 0 Å². The van der Waals surface area contributed by atoms with Gasteiger partial charge in [-0.3, -0.25) is 4.98 Å². The number of rotatable bonds is 6. The van der Waals surface area contributed by atoms with E-state index in [1.54, 1.807) is 13.3 Å². The summed E-state index contributed by atoms with van der Waals surface area (Å²) in [4.78, 5) is 4.97. The Bertz CT molecular complexity index is 773. The van der Waals surface area contributed by atoms with Gasteiger partial charge in [0.05, 0.1) is 16.8 Å². The second-order valence-electron chi connectivity index (χ2n) is 6.51. The molecule has 1 saturated heterocycles. The molecule has 0 radical (unpaired) electrons. The van der Waals surface area contributed by atoms with Crippen LogP contribution in [0.15, 0.2) is 53.7 Å². The summed E-state index contributed by atoms with van der Waals surface area (Å²) < 4.78 is 20.9. The Balaban J connectivity index is 1.76. The molecule has 2 unspecified atom stereocenters. The predicted octanol–water partition coefficient (Wildman–Crippen LogP) is 3.57. The number of piperidine rings is 1. The van der Waals surface area contributed by atoms with Gasteiger partial charge in [0, 0.05) is 29.9 Å². The van der Waals surface area contributed by atoms with Crippen molar-refractivity contribution in [3.05, 3.63) is 54.4 Å². The third-order valence-corrected chi connectivity index (χ3v) is 7.12. The first-order valence-electron chi connectivity index (χ1n) is 8.78. The normalized spacial score (nSPS) is 20.8. The van der Waals surface area contributed by atoms with E-state index in [9.17, 15) is 4.21 Å². The molecule has 2 atom stereocenters. The molecule has 0 spiro atoms. The molecule has 1 aromatic carbocycles. The molecule has 0 saturated carbocycles. The second kappa shape index (κ2) is 8.02. The zero-order valence-corrected chi connectivity index (χ0v) is 15.6. The maximum Gasteiger partial charge on any atom is 0.118 e. The molecule has 25 heavy (non-hydrogen) atoms. The molecule has 2 heterocycles. The first-order chi connectivity index (χ1) is 12.1. The molecule has 134 valence electrons. The van der Waals surface area contributed by atoms with Crippen LogP contribution in [0.1, 0.15) is 31.2 Å². The fourth-order valence-electron chi connectivity index (χ4n) is 3.45. The maximum atomic E-state index is 13.5. The molecule has 1 aliphatic rings. The minimum Gasteiger partial charge on any atom is -0.497 e. The molecular formula is C20H26N2O2S. The molecule has 1 aromatic heterocycles. The van der Waals surface area contributed by atoms with Crippen LogP contribution in [0.3, 0.4) is 0 Å². The van der Waals surface area contributed by atoms with E-state index in [0.717, 1.165) is 42.9 Å². The first kappa shape index (κ1) is 18.0. The number of hydrogen-bond donors (Lipinski definition) is 0. The average molecular weight is 359 g/mol. The first-order valence-corrected chi connectivity index (χ1v) is 10.5. The lowest BCUT2D eigenvalue weighted by Crippen LogP contribution is -2.43. The summed E-state index contributed by atoms with van der Waals surface area (Å²) in [5.74, 6) is 4.89. The number of aryl methyl sites for hydroxylation is 1. The Labute approximate surface area is 151 Å². The molecule has 1 aliphatic heterocycles. The quantitative estimate of drug-likeness (QED) is 0.742. The molecule has 0 bridgehead atoms. The largest absolute Gasteiger partial charge is 0.497 e.